The van der Waals surface area contributed by atoms with E-state index in [1.165, 1.54) is 30.5 Å². The van der Waals surface area contributed by atoms with E-state index in [9.17, 15) is 92.0 Å². The van der Waals surface area contributed by atoms with Crippen molar-refractivity contribution in [3.05, 3.63) is 102 Å². The number of aromatic nitrogens is 2. The molecule has 16 amide bonds. The lowest BCUT2D eigenvalue weighted by atomic mass is 9.99. The molecule has 0 bridgehead atoms. The molecule has 2 aromatic heterocycles. The maximum absolute atomic E-state index is 15.2. The number of carbonyl (C=O) groups excluding carboxylic acids is 16. The normalized spacial score (nSPS) is 14.4. The van der Waals surface area contributed by atoms with Gasteiger partial charge in [0.2, 0.25) is 94.5 Å². The average Bonchev–Trinajstić information content (AvgIpc) is 1.63. The van der Waals surface area contributed by atoms with Gasteiger partial charge < -0.3 is 112 Å². The van der Waals surface area contributed by atoms with Crippen LogP contribution in [0, 0.1) is 5.92 Å². The summed E-state index contributed by atoms with van der Waals surface area (Å²) in [7, 11) is 0. The van der Waals surface area contributed by atoms with Crippen LogP contribution in [0.2, 0.25) is 0 Å². The molecule has 0 saturated carbocycles. The number of carbonyl (C=O) groups is 17. The topological polar surface area (TPSA) is 631 Å². The molecular weight excluding hydrogens is 1480 g/mol. The van der Waals surface area contributed by atoms with Crippen molar-refractivity contribution in [2.45, 2.75) is 171 Å². The highest BCUT2D eigenvalue weighted by molar-refractivity contribution is 7.80. The minimum atomic E-state index is -1.92. The van der Waals surface area contributed by atoms with E-state index in [1.807, 2.05) is 0 Å². The van der Waals surface area contributed by atoms with Crippen LogP contribution in [-0.4, -0.2) is 216 Å². The number of aliphatic hydroxyl groups excluding tert-OH is 1. The van der Waals surface area contributed by atoms with E-state index in [4.69, 9.17) is 22.9 Å². The summed E-state index contributed by atoms with van der Waals surface area (Å²) in [6.07, 6.45) is -4.07. The second-order valence-corrected chi connectivity index (χ2v) is 27.0. The summed E-state index contributed by atoms with van der Waals surface area (Å²) < 4.78 is 0. The molecule has 0 unspecified atom stereocenters. The Bertz CT molecular complexity index is 4170. The van der Waals surface area contributed by atoms with E-state index in [-0.39, 0.29) is 37.2 Å². The van der Waals surface area contributed by atoms with E-state index in [1.54, 1.807) is 68.6 Å². The summed E-state index contributed by atoms with van der Waals surface area (Å²) in [6, 6.07) is 0.562. The van der Waals surface area contributed by atoms with Gasteiger partial charge in [0.15, 0.2) is 0 Å². The molecule has 0 aliphatic heterocycles. The Kier molecular flexibility index (Phi) is 34.9. The van der Waals surface area contributed by atoms with Gasteiger partial charge in [-0.2, -0.15) is 25.3 Å². The van der Waals surface area contributed by atoms with Crippen LogP contribution >= 0.6 is 25.3 Å². The van der Waals surface area contributed by atoms with Crippen LogP contribution in [0.4, 0.5) is 0 Å². The second-order valence-electron chi connectivity index (χ2n) is 26.3. The number of phenols is 1. The van der Waals surface area contributed by atoms with Gasteiger partial charge in [0.1, 0.15) is 72.2 Å². The van der Waals surface area contributed by atoms with Crippen LogP contribution < -0.4 is 86.7 Å². The lowest BCUT2D eigenvalue weighted by molar-refractivity contribution is -0.139. The third-order valence-electron chi connectivity index (χ3n) is 17.0. The zero-order chi connectivity index (χ0) is 81.6. The predicted octanol–water partition coefficient (Wildman–Crippen LogP) is -5.11. The zero-order valence-corrected chi connectivity index (χ0v) is 62.3. The fraction of sp³-hybridized carbons (Fsp3) is 0.443. The van der Waals surface area contributed by atoms with Crippen molar-refractivity contribution in [1.82, 2.24) is 73.8 Å². The maximum atomic E-state index is 15.2. The summed E-state index contributed by atoms with van der Waals surface area (Å²) in [4.78, 5) is 235. The van der Waals surface area contributed by atoms with Gasteiger partial charge in [-0.3, -0.25) is 81.5 Å². The molecule has 596 valence electrons. The van der Waals surface area contributed by atoms with E-state index < -0.39 is 236 Å². The number of carboxylic acids is 1. The molecule has 110 heavy (non-hydrogen) atoms. The molecule has 0 aliphatic rings. The van der Waals surface area contributed by atoms with Crippen LogP contribution in [0.1, 0.15) is 95.8 Å². The van der Waals surface area contributed by atoms with Crippen molar-refractivity contribution < 1.29 is 96.8 Å². The molecule has 0 saturated heterocycles. The number of primary amides is 4. The van der Waals surface area contributed by atoms with Gasteiger partial charge in [-0.15, -0.1) is 0 Å². The Morgan fingerprint density at radius 3 is 1.25 bits per heavy atom. The Hall–Kier alpha value is -11.8. The van der Waals surface area contributed by atoms with E-state index in [0.717, 1.165) is 13.8 Å². The van der Waals surface area contributed by atoms with Gasteiger partial charge in [-0.25, -0.2) is 0 Å². The number of nitrogens with one attached hydrogen (secondary N) is 14. The maximum Gasteiger partial charge on any atom is 0.303 e. The van der Waals surface area contributed by atoms with Crippen molar-refractivity contribution in [2.24, 2.45) is 28.9 Å². The molecule has 0 aliphatic carbocycles. The van der Waals surface area contributed by atoms with Gasteiger partial charge in [0.25, 0.3) is 0 Å². The smallest absolute Gasteiger partial charge is 0.303 e. The zero-order valence-electron chi connectivity index (χ0n) is 60.5. The molecule has 25 N–H and O–H groups in total. The minimum Gasteiger partial charge on any atom is -0.508 e. The number of para-hydroxylation sites is 2. The van der Waals surface area contributed by atoms with E-state index >= 15 is 4.79 Å². The number of fused-ring (bicyclic) bond motifs is 2. The summed E-state index contributed by atoms with van der Waals surface area (Å²) in [6.45, 7) is 4.94. The number of aromatic hydroxyl groups is 1. The van der Waals surface area contributed by atoms with Gasteiger partial charge in [0.05, 0.1) is 19.1 Å². The predicted molar refractivity (Wildman–Crippen MR) is 401 cm³/mol. The fourth-order valence-corrected chi connectivity index (χ4v) is 11.8. The van der Waals surface area contributed by atoms with Gasteiger partial charge >= 0.3 is 5.97 Å². The third kappa shape index (κ3) is 28.7. The van der Waals surface area contributed by atoms with E-state index in [2.05, 4.69) is 99.0 Å². The number of hydrogen-bond donors (Lipinski definition) is 23. The molecule has 5 aromatic rings. The molecule has 38 nitrogen and oxygen atoms in total. The highest BCUT2D eigenvalue weighted by Crippen LogP contribution is 2.23. The number of nitrogens with two attached hydrogens (primary N) is 4. The summed E-state index contributed by atoms with van der Waals surface area (Å²) in [5.41, 5.74) is 24.0. The number of thiol groups is 2. The van der Waals surface area contributed by atoms with Crippen molar-refractivity contribution in [3.63, 3.8) is 0 Å². The molecule has 12 atom stereocenters. The standard InChI is InChI=1S/C70H94N18O20S2/c1-33(2)23-47(82-62(100)46(19-22-58(96)97)79-67(105)51(27-56(73)94)78-57(95)30-75-35(4)90)64(102)85-49(25-37-28-76-42-11-7-5-9-40(37)42)66(104)83-48(24-36-13-15-39(91)16-14-36)65(103)87-53(32-110)69(107)80-44(17-20-54(71)92)61(99)84-50(26-38-29-77-43-12-8-6-10-41(38)43)68(106)88-59(34(3)89)70(108)81-45(18-21-55(72)93)63(101)86-52(31-109)60(74)98/h5-16,28-29,33-34,44-53,59,76-77,89,91,109-110H,17-27,30-32H2,1-4H3,(H2,71,92)(H2,72,93)(H2,73,94)(H2,74,98)(H,75,90)(H,78,95)(H,79,105)(H,80,107)(H,81,108)(H,82,100)(H,83,104)(H,84,99)(H,85,102)(H,86,101)(H,87,103)(H,88,106)(H,96,97)/t34-,44+,45+,46+,47+,48+,49+,50+,51+,52+,53+,59+/m0/s1. The first-order valence-electron chi connectivity index (χ1n) is 34.7. The first-order chi connectivity index (χ1) is 52.0. The number of hydrogen-bond acceptors (Lipinski definition) is 21. The Balaban J connectivity index is 1.47. The molecule has 5 rings (SSSR count). The number of benzene rings is 3. The van der Waals surface area contributed by atoms with Crippen LogP contribution in [-0.2, 0) is 101 Å². The number of aliphatic hydroxyl groups is 1. The summed E-state index contributed by atoms with van der Waals surface area (Å²) in [5, 5.41) is 61.2. The Morgan fingerprint density at radius 2 is 0.818 bits per heavy atom. The minimum absolute atomic E-state index is 0.161. The van der Waals surface area contributed by atoms with Gasteiger partial charge in [-0.05, 0) is 79.5 Å². The van der Waals surface area contributed by atoms with Gasteiger partial charge in [0, 0.05) is 91.2 Å². The Morgan fingerprint density at radius 1 is 0.436 bits per heavy atom. The highest BCUT2D eigenvalue weighted by Gasteiger charge is 2.39. The number of carboxylic acid groups (broad SMARTS) is 1. The van der Waals surface area contributed by atoms with Crippen LogP contribution in [0.15, 0.2) is 85.2 Å². The molecule has 0 spiro atoms. The second kappa shape index (κ2) is 43.3. The lowest BCUT2D eigenvalue weighted by Crippen LogP contribution is -2.62. The average molecular weight is 1570 g/mol. The third-order valence-corrected chi connectivity index (χ3v) is 17.7. The van der Waals surface area contributed by atoms with Crippen molar-refractivity contribution in [2.75, 3.05) is 18.1 Å². The Labute approximate surface area is 640 Å². The molecule has 3 aromatic carbocycles. The van der Waals surface area contributed by atoms with Gasteiger partial charge in [-0.1, -0.05) is 62.4 Å². The molecule has 0 fully saturated rings. The number of aliphatic carboxylic acids is 1. The first kappa shape index (κ1) is 88.8. The number of phenolic OH excluding ortho intramolecular Hbond substituents is 1. The number of H-pyrrole nitrogens is 2. The number of rotatable bonds is 46. The van der Waals surface area contributed by atoms with Crippen molar-refractivity contribution >= 4 is 148 Å². The summed E-state index contributed by atoms with van der Waals surface area (Å²) >= 11 is 8.35. The molecule has 2 heterocycles. The quantitative estimate of drug-likeness (QED) is 0.0162. The lowest BCUT2D eigenvalue weighted by Gasteiger charge is -2.29. The van der Waals surface area contributed by atoms with E-state index in [0.29, 0.717) is 38.5 Å². The first-order valence-corrected chi connectivity index (χ1v) is 35.9. The van der Waals surface area contributed by atoms with Crippen molar-refractivity contribution in [3.8, 4) is 5.75 Å². The highest BCUT2D eigenvalue weighted by atomic mass is 32.1. The molecule has 0 radical (unpaired) electrons. The SMILES string of the molecule is CC(=O)NCC(=O)N[C@H](CC(N)=O)C(=O)N[C@H](CCC(=O)O)C(=O)N[C@H](CC(C)C)C(=O)N[C@H](Cc1c[nH]c2ccccc12)C(=O)N[C@H](Cc1ccc(O)cc1)C(=O)N[C@H](CS)C(=O)N[C@H](CCC(N)=O)C(=O)N[C@H](Cc1c[nH]c2ccccc12)C(=O)N[C@@H](C(=O)N[C@H](CCC(N)=O)C(=O)N[C@H](CS)C(N)=O)[C@H](C)O. The van der Waals surface area contributed by atoms with Crippen LogP contribution in [0.3, 0.4) is 0 Å². The van der Waals surface area contributed by atoms with Crippen LogP contribution in [0.25, 0.3) is 21.8 Å². The number of aromatic amines is 2. The molecule has 40 heteroatoms. The fourth-order valence-electron chi connectivity index (χ4n) is 11.2. The van der Waals surface area contributed by atoms with Crippen LogP contribution in [0.5, 0.6) is 5.75 Å². The largest absolute Gasteiger partial charge is 0.508 e. The molecular formula is C70H94N18O20S2. The summed E-state index contributed by atoms with van der Waals surface area (Å²) in [5.74, 6) is -19.3. The number of amides is 16. The van der Waals surface area contributed by atoms with Crippen molar-refractivity contribution in [1.29, 1.82) is 0 Å². The monoisotopic (exact) mass is 1570 g/mol.